The fourth-order valence-corrected chi connectivity index (χ4v) is 3.73. The number of hydrogen-bond acceptors (Lipinski definition) is 3. The van der Waals surface area contributed by atoms with Gasteiger partial charge in [0.05, 0.1) is 12.8 Å². The number of para-hydroxylation sites is 1. The predicted molar refractivity (Wildman–Crippen MR) is 96.1 cm³/mol. The third-order valence-corrected chi connectivity index (χ3v) is 5.07. The van der Waals surface area contributed by atoms with Crippen LogP contribution in [-0.4, -0.2) is 25.0 Å². The van der Waals surface area contributed by atoms with E-state index in [1.54, 1.807) is 11.8 Å². The Hall–Kier alpha value is -1.84. The summed E-state index contributed by atoms with van der Waals surface area (Å²) in [5.41, 5.74) is 2.85. The highest BCUT2D eigenvalue weighted by Gasteiger charge is 2.31. The number of anilines is 1. The maximum Gasteiger partial charge on any atom is 0.328 e. The summed E-state index contributed by atoms with van der Waals surface area (Å²) in [5, 5.41) is 0. The van der Waals surface area contributed by atoms with E-state index in [0.29, 0.717) is 12.3 Å². The Morgan fingerprint density at radius 2 is 1.75 bits per heavy atom. The molecule has 0 aliphatic heterocycles. The molecule has 0 spiro atoms. The largest absolute Gasteiger partial charge is 0.467 e. The first-order valence-corrected chi connectivity index (χ1v) is 8.91. The Balaban J connectivity index is 2.31. The number of amides is 1. The molecule has 1 aromatic rings. The van der Waals surface area contributed by atoms with Gasteiger partial charge in [0.15, 0.2) is 0 Å². The van der Waals surface area contributed by atoms with Gasteiger partial charge in [0.25, 0.3) is 0 Å². The van der Waals surface area contributed by atoms with Crippen LogP contribution in [0.3, 0.4) is 0 Å². The van der Waals surface area contributed by atoms with Crippen LogP contribution in [0.15, 0.2) is 18.2 Å². The van der Waals surface area contributed by atoms with Gasteiger partial charge in [0, 0.05) is 6.42 Å². The van der Waals surface area contributed by atoms with E-state index in [1.165, 1.54) is 26.4 Å². The number of benzene rings is 1. The van der Waals surface area contributed by atoms with Gasteiger partial charge in [-0.05, 0) is 50.7 Å². The second-order valence-corrected chi connectivity index (χ2v) is 6.91. The Kier molecular flexibility index (Phi) is 6.41. The molecule has 1 unspecified atom stereocenters. The fourth-order valence-electron chi connectivity index (χ4n) is 3.73. The summed E-state index contributed by atoms with van der Waals surface area (Å²) in [6.07, 6.45) is 6.40. The number of methoxy groups -OCH3 is 1. The third kappa shape index (κ3) is 4.16. The van der Waals surface area contributed by atoms with Crippen LogP contribution in [-0.2, 0) is 14.3 Å². The Morgan fingerprint density at radius 1 is 1.17 bits per heavy atom. The van der Waals surface area contributed by atoms with E-state index < -0.39 is 6.04 Å². The average Bonchev–Trinajstić information content (AvgIpc) is 2.57. The van der Waals surface area contributed by atoms with Crippen LogP contribution in [0.2, 0.25) is 0 Å². The summed E-state index contributed by atoms with van der Waals surface area (Å²) in [5.74, 6) is 0.0785. The highest BCUT2D eigenvalue weighted by atomic mass is 16.5. The first kappa shape index (κ1) is 18.5. The van der Waals surface area contributed by atoms with Gasteiger partial charge >= 0.3 is 5.97 Å². The molecule has 1 aliphatic rings. The lowest BCUT2D eigenvalue weighted by molar-refractivity contribution is -0.143. The molecule has 2 rings (SSSR count). The van der Waals surface area contributed by atoms with E-state index in [-0.39, 0.29) is 11.9 Å². The van der Waals surface area contributed by atoms with Crippen molar-refractivity contribution >= 4 is 17.6 Å². The molecular formula is C20H29NO3. The molecule has 0 aromatic heterocycles. The van der Waals surface area contributed by atoms with Crippen molar-refractivity contribution in [3.63, 3.8) is 0 Å². The van der Waals surface area contributed by atoms with E-state index in [4.69, 9.17) is 4.74 Å². The predicted octanol–water partition coefficient (Wildman–Crippen LogP) is 4.17. The number of rotatable bonds is 5. The van der Waals surface area contributed by atoms with Crippen LogP contribution in [0, 0.1) is 19.8 Å². The van der Waals surface area contributed by atoms with Crippen molar-refractivity contribution in [1.29, 1.82) is 0 Å². The molecular weight excluding hydrogens is 302 g/mol. The van der Waals surface area contributed by atoms with Crippen LogP contribution in [0.1, 0.15) is 56.6 Å². The normalized spacial score (nSPS) is 16.5. The zero-order valence-electron chi connectivity index (χ0n) is 15.3. The highest BCUT2D eigenvalue weighted by molar-refractivity contribution is 6.00. The second kappa shape index (κ2) is 8.32. The van der Waals surface area contributed by atoms with Crippen molar-refractivity contribution in [2.24, 2.45) is 5.92 Å². The Bertz CT molecular complexity index is 570. The second-order valence-electron chi connectivity index (χ2n) is 6.91. The molecule has 4 nitrogen and oxygen atoms in total. The van der Waals surface area contributed by atoms with Crippen LogP contribution in [0.4, 0.5) is 5.69 Å². The number of ether oxygens (including phenoxy) is 1. The molecule has 1 saturated carbocycles. The van der Waals surface area contributed by atoms with Crippen LogP contribution >= 0.6 is 0 Å². The van der Waals surface area contributed by atoms with Crippen molar-refractivity contribution in [3.05, 3.63) is 29.3 Å². The van der Waals surface area contributed by atoms with Gasteiger partial charge < -0.3 is 4.74 Å². The van der Waals surface area contributed by atoms with E-state index in [1.807, 2.05) is 32.0 Å². The summed E-state index contributed by atoms with van der Waals surface area (Å²) < 4.78 is 4.90. The van der Waals surface area contributed by atoms with Gasteiger partial charge in [-0.1, -0.05) is 37.5 Å². The summed E-state index contributed by atoms with van der Waals surface area (Å²) in [4.78, 5) is 26.9. The molecule has 0 radical (unpaired) electrons. The number of esters is 1. The molecule has 0 heterocycles. The third-order valence-electron chi connectivity index (χ3n) is 5.07. The van der Waals surface area contributed by atoms with Crippen molar-refractivity contribution in [1.82, 2.24) is 0 Å². The first-order valence-electron chi connectivity index (χ1n) is 8.91. The molecule has 1 atom stereocenters. The van der Waals surface area contributed by atoms with Crippen molar-refractivity contribution in [2.75, 3.05) is 12.0 Å². The minimum atomic E-state index is -0.620. The lowest BCUT2D eigenvalue weighted by atomic mass is 9.86. The van der Waals surface area contributed by atoms with Crippen molar-refractivity contribution < 1.29 is 14.3 Å². The van der Waals surface area contributed by atoms with Gasteiger partial charge in [-0.15, -0.1) is 0 Å². The molecule has 0 bridgehead atoms. The van der Waals surface area contributed by atoms with E-state index in [2.05, 4.69) is 0 Å². The number of nitrogens with zero attached hydrogens (tertiary/aromatic N) is 1. The lowest BCUT2D eigenvalue weighted by Crippen LogP contribution is -2.45. The molecule has 24 heavy (non-hydrogen) atoms. The summed E-state index contributed by atoms with van der Waals surface area (Å²) in [6, 6.07) is 5.31. The molecule has 132 valence electrons. The zero-order chi connectivity index (χ0) is 17.7. The molecule has 1 fully saturated rings. The monoisotopic (exact) mass is 331 g/mol. The van der Waals surface area contributed by atoms with Gasteiger partial charge in [-0.2, -0.15) is 0 Å². The average molecular weight is 331 g/mol. The highest BCUT2D eigenvalue weighted by Crippen LogP contribution is 2.31. The summed E-state index contributed by atoms with van der Waals surface area (Å²) >= 11 is 0. The first-order chi connectivity index (χ1) is 11.5. The molecule has 0 N–H and O–H groups in total. The summed E-state index contributed by atoms with van der Waals surface area (Å²) in [6.45, 7) is 5.71. The number of carbonyl (C=O) groups is 2. The standard InChI is InChI=1S/C20H29NO3/c1-14-9-8-10-15(2)19(14)21(16(3)20(23)24-4)18(22)13-17-11-6-5-7-12-17/h8-10,16-17H,5-7,11-13H2,1-4H3. The molecule has 1 amide bonds. The van der Waals surface area contributed by atoms with Gasteiger partial charge in [-0.3, -0.25) is 9.69 Å². The van der Waals surface area contributed by atoms with Gasteiger partial charge in [0.2, 0.25) is 5.91 Å². The summed E-state index contributed by atoms with van der Waals surface area (Å²) in [7, 11) is 1.37. The Morgan fingerprint density at radius 3 is 2.29 bits per heavy atom. The number of hydrogen-bond donors (Lipinski definition) is 0. The van der Waals surface area contributed by atoms with E-state index in [9.17, 15) is 9.59 Å². The molecule has 1 aromatic carbocycles. The minimum absolute atomic E-state index is 0.0252. The molecule has 4 heteroatoms. The van der Waals surface area contributed by atoms with Gasteiger partial charge in [-0.25, -0.2) is 4.79 Å². The fraction of sp³-hybridized carbons (Fsp3) is 0.600. The maximum absolute atomic E-state index is 13.1. The van der Waals surface area contributed by atoms with Gasteiger partial charge in [0.1, 0.15) is 6.04 Å². The van der Waals surface area contributed by atoms with Crippen LogP contribution < -0.4 is 4.90 Å². The van der Waals surface area contributed by atoms with E-state index >= 15 is 0 Å². The van der Waals surface area contributed by atoms with Crippen LogP contribution in [0.25, 0.3) is 0 Å². The van der Waals surface area contributed by atoms with Crippen molar-refractivity contribution in [2.45, 2.75) is 65.3 Å². The zero-order valence-corrected chi connectivity index (χ0v) is 15.3. The topological polar surface area (TPSA) is 46.6 Å². The molecule has 1 aliphatic carbocycles. The quantitative estimate of drug-likeness (QED) is 0.761. The minimum Gasteiger partial charge on any atom is -0.467 e. The number of carbonyl (C=O) groups excluding carboxylic acids is 2. The van der Waals surface area contributed by atoms with Crippen LogP contribution in [0.5, 0.6) is 0 Å². The SMILES string of the molecule is COC(=O)C(C)N(C(=O)CC1CCCCC1)c1c(C)cccc1C. The van der Waals surface area contributed by atoms with Crippen molar-refractivity contribution in [3.8, 4) is 0 Å². The lowest BCUT2D eigenvalue weighted by Gasteiger charge is -2.32. The number of aryl methyl sites for hydroxylation is 2. The molecule has 0 saturated heterocycles. The smallest absolute Gasteiger partial charge is 0.328 e. The maximum atomic E-state index is 13.1. The Labute approximate surface area is 145 Å². The van der Waals surface area contributed by atoms with E-state index in [0.717, 1.165) is 29.7 Å².